The third-order valence-corrected chi connectivity index (χ3v) is 8.57. The first-order valence-corrected chi connectivity index (χ1v) is 12.3. The minimum absolute atomic E-state index is 0.454. The van der Waals surface area contributed by atoms with Crippen molar-refractivity contribution in [2.45, 2.75) is 64.2 Å². The Hall–Kier alpha value is -2.15. The molecule has 4 aliphatic carbocycles. The molecular formula is C26H31F3N4. The highest BCUT2D eigenvalue weighted by molar-refractivity contribution is 5.47. The van der Waals surface area contributed by atoms with Crippen molar-refractivity contribution in [2.75, 3.05) is 18.4 Å². The van der Waals surface area contributed by atoms with Crippen molar-refractivity contribution < 1.29 is 13.2 Å². The van der Waals surface area contributed by atoms with E-state index in [1.54, 1.807) is 18.5 Å². The molecular weight excluding hydrogens is 425 g/mol. The summed E-state index contributed by atoms with van der Waals surface area (Å²) in [6.07, 6.45) is 6.72. The first-order chi connectivity index (χ1) is 15.9. The number of fused-ring (bicyclic) bond motifs is 1. The number of halogens is 3. The van der Waals surface area contributed by atoms with Crippen LogP contribution in [0.3, 0.4) is 0 Å². The van der Waals surface area contributed by atoms with Crippen LogP contribution in [0.15, 0.2) is 30.6 Å². The summed E-state index contributed by atoms with van der Waals surface area (Å²) in [5.41, 5.74) is 3.00. The minimum atomic E-state index is -4.29. The van der Waals surface area contributed by atoms with E-state index in [4.69, 9.17) is 0 Å². The highest BCUT2D eigenvalue weighted by Crippen LogP contribution is 2.59. The van der Waals surface area contributed by atoms with E-state index in [-0.39, 0.29) is 0 Å². The van der Waals surface area contributed by atoms with Crippen LogP contribution < -0.4 is 5.32 Å². The number of aromatic nitrogens is 2. The summed E-state index contributed by atoms with van der Waals surface area (Å²) < 4.78 is 38.5. The fourth-order valence-corrected chi connectivity index (χ4v) is 7.53. The summed E-state index contributed by atoms with van der Waals surface area (Å²) in [6, 6.07) is 5.50. The molecule has 0 spiro atoms. The van der Waals surface area contributed by atoms with Crippen molar-refractivity contribution in [1.29, 1.82) is 0 Å². The third kappa shape index (κ3) is 4.25. The third-order valence-electron chi connectivity index (χ3n) is 8.57. The average molecular weight is 457 g/mol. The molecule has 4 fully saturated rings. The van der Waals surface area contributed by atoms with Gasteiger partial charge in [0.1, 0.15) is 12.1 Å². The van der Waals surface area contributed by atoms with Gasteiger partial charge in [-0.05, 0) is 85.8 Å². The summed E-state index contributed by atoms with van der Waals surface area (Å²) in [5.74, 6) is 3.81. The van der Waals surface area contributed by atoms with Gasteiger partial charge in [0.25, 0.3) is 0 Å². The predicted octanol–water partition coefficient (Wildman–Crippen LogP) is 5.68. The lowest BCUT2D eigenvalue weighted by atomic mass is 9.49. The Morgan fingerprint density at radius 1 is 0.970 bits per heavy atom. The molecule has 33 heavy (non-hydrogen) atoms. The van der Waals surface area contributed by atoms with Crippen LogP contribution in [0.4, 0.5) is 19.0 Å². The van der Waals surface area contributed by atoms with E-state index in [1.807, 2.05) is 0 Å². The highest BCUT2D eigenvalue weighted by atomic mass is 19.4. The summed E-state index contributed by atoms with van der Waals surface area (Å²) in [4.78, 5) is 11.4. The zero-order valence-corrected chi connectivity index (χ0v) is 18.9. The van der Waals surface area contributed by atoms with Crippen LogP contribution >= 0.6 is 0 Å². The SMILES string of the molecule is FC(F)(F)c1ccc(CN2CCc3c(ncnc3NCC34CC5CC(CC(C5)C3)C4)C2)cc1. The summed E-state index contributed by atoms with van der Waals surface area (Å²) >= 11 is 0. The molecule has 0 radical (unpaired) electrons. The smallest absolute Gasteiger partial charge is 0.369 e. The van der Waals surface area contributed by atoms with Crippen LogP contribution in [0.25, 0.3) is 0 Å². The minimum Gasteiger partial charge on any atom is -0.369 e. The Kier molecular flexibility index (Phi) is 5.16. The van der Waals surface area contributed by atoms with Gasteiger partial charge < -0.3 is 5.32 Å². The molecule has 5 aliphatic rings. The second-order valence-electron chi connectivity index (χ2n) is 11.1. The van der Waals surface area contributed by atoms with Crippen molar-refractivity contribution in [2.24, 2.45) is 23.2 Å². The lowest BCUT2D eigenvalue weighted by Crippen LogP contribution is -2.49. The number of alkyl halides is 3. The van der Waals surface area contributed by atoms with E-state index in [9.17, 15) is 13.2 Å². The first kappa shape index (κ1) is 21.4. The second-order valence-corrected chi connectivity index (χ2v) is 11.1. The van der Waals surface area contributed by atoms with E-state index < -0.39 is 11.7 Å². The molecule has 0 unspecified atom stereocenters. The molecule has 1 aromatic carbocycles. The van der Waals surface area contributed by atoms with E-state index in [0.717, 1.165) is 54.3 Å². The Morgan fingerprint density at radius 3 is 2.27 bits per heavy atom. The maximum atomic E-state index is 12.8. The van der Waals surface area contributed by atoms with Gasteiger partial charge in [0, 0.05) is 31.7 Å². The molecule has 7 rings (SSSR count). The predicted molar refractivity (Wildman–Crippen MR) is 120 cm³/mol. The van der Waals surface area contributed by atoms with E-state index in [1.165, 1.54) is 56.2 Å². The highest BCUT2D eigenvalue weighted by Gasteiger charge is 2.50. The van der Waals surface area contributed by atoms with Gasteiger partial charge >= 0.3 is 6.18 Å². The summed E-state index contributed by atoms with van der Waals surface area (Å²) in [5, 5.41) is 3.74. The van der Waals surface area contributed by atoms with Crippen LogP contribution in [0.5, 0.6) is 0 Å². The molecule has 7 heteroatoms. The second kappa shape index (κ2) is 7.97. The summed E-state index contributed by atoms with van der Waals surface area (Å²) in [7, 11) is 0. The molecule has 0 atom stereocenters. The summed E-state index contributed by atoms with van der Waals surface area (Å²) in [6.45, 7) is 3.20. The Morgan fingerprint density at radius 2 is 1.64 bits per heavy atom. The Bertz CT molecular complexity index is 982. The standard InChI is InChI=1S/C26H31F3N4/c27-26(28,29)21-3-1-17(2-4-21)13-33-6-5-22-23(14-33)31-16-32-24(22)30-15-25-10-18-7-19(11-25)9-20(8-18)12-25/h1-4,16,18-20H,5-15H2,(H,30,31,32). The number of benzene rings is 1. The van der Waals surface area contributed by atoms with Gasteiger partial charge in [-0.2, -0.15) is 13.2 Å². The van der Waals surface area contributed by atoms with Gasteiger partial charge in [-0.15, -0.1) is 0 Å². The van der Waals surface area contributed by atoms with E-state index in [2.05, 4.69) is 20.2 Å². The molecule has 1 aliphatic heterocycles. The molecule has 4 bridgehead atoms. The maximum Gasteiger partial charge on any atom is 0.416 e. The molecule has 1 N–H and O–H groups in total. The number of nitrogens with one attached hydrogen (secondary N) is 1. The average Bonchev–Trinajstić information content (AvgIpc) is 2.76. The molecule has 2 heterocycles. The first-order valence-electron chi connectivity index (χ1n) is 12.3. The van der Waals surface area contributed by atoms with Crippen molar-refractivity contribution >= 4 is 5.82 Å². The van der Waals surface area contributed by atoms with Crippen LogP contribution in [-0.4, -0.2) is 28.0 Å². The van der Waals surface area contributed by atoms with E-state index >= 15 is 0 Å². The van der Waals surface area contributed by atoms with Crippen LogP contribution in [-0.2, 0) is 25.7 Å². The molecule has 4 nitrogen and oxygen atoms in total. The lowest BCUT2D eigenvalue weighted by Gasteiger charge is -2.57. The number of hydrogen-bond acceptors (Lipinski definition) is 4. The normalized spacial score (nSPS) is 30.9. The van der Waals surface area contributed by atoms with Gasteiger partial charge in [-0.1, -0.05) is 12.1 Å². The van der Waals surface area contributed by atoms with Gasteiger partial charge in [0.2, 0.25) is 0 Å². The van der Waals surface area contributed by atoms with Crippen LogP contribution in [0, 0.1) is 23.2 Å². The zero-order valence-electron chi connectivity index (χ0n) is 18.9. The monoisotopic (exact) mass is 456 g/mol. The van der Waals surface area contributed by atoms with E-state index in [0.29, 0.717) is 18.5 Å². The molecule has 1 aromatic heterocycles. The zero-order chi connectivity index (χ0) is 22.6. The van der Waals surface area contributed by atoms with Gasteiger partial charge in [0.05, 0.1) is 11.3 Å². The fourth-order valence-electron chi connectivity index (χ4n) is 7.53. The number of hydrogen-bond donors (Lipinski definition) is 1. The van der Waals surface area contributed by atoms with Crippen molar-refractivity contribution in [1.82, 2.24) is 14.9 Å². The molecule has 0 amide bonds. The lowest BCUT2D eigenvalue weighted by molar-refractivity contribution is -0.137. The fraction of sp³-hybridized carbons (Fsp3) is 0.615. The largest absolute Gasteiger partial charge is 0.416 e. The molecule has 0 saturated heterocycles. The number of anilines is 1. The quantitative estimate of drug-likeness (QED) is 0.628. The van der Waals surface area contributed by atoms with Crippen molar-refractivity contribution in [3.8, 4) is 0 Å². The van der Waals surface area contributed by atoms with Crippen LogP contribution in [0.1, 0.15) is 60.9 Å². The molecule has 4 saturated carbocycles. The van der Waals surface area contributed by atoms with Crippen molar-refractivity contribution in [3.63, 3.8) is 0 Å². The Balaban J connectivity index is 1.11. The van der Waals surface area contributed by atoms with Gasteiger partial charge in [-0.25, -0.2) is 9.97 Å². The molecule has 2 aromatic rings. The van der Waals surface area contributed by atoms with Crippen LogP contribution in [0.2, 0.25) is 0 Å². The van der Waals surface area contributed by atoms with Gasteiger partial charge in [-0.3, -0.25) is 4.90 Å². The maximum absolute atomic E-state index is 12.8. The number of rotatable bonds is 5. The van der Waals surface area contributed by atoms with Gasteiger partial charge in [0.15, 0.2) is 0 Å². The topological polar surface area (TPSA) is 41.1 Å². The molecule has 176 valence electrons. The van der Waals surface area contributed by atoms with Crippen molar-refractivity contribution in [3.05, 3.63) is 53.0 Å². The Labute approximate surface area is 193 Å². The number of nitrogens with zero attached hydrogens (tertiary/aromatic N) is 3.